The second-order valence-corrected chi connectivity index (χ2v) is 5.00. The van der Waals surface area contributed by atoms with Crippen molar-refractivity contribution in [1.82, 2.24) is 0 Å². The molecular weight excluding hydrogens is 220 g/mol. The van der Waals surface area contributed by atoms with Crippen LogP contribution in [0.1, 0.15) is 39.5 Å². The van der Waals surface area contributed by atoms with E-state index < -0.39 is 6.10 Å². The summed E-state index contributed by atoms with van der Waals surface area (Å²) in [7, 11) is 0. The summed E-state index contributed by atoms with van der Waals surface area (Å²) in [5.41, 5.74) is 6.72. The molecule has 2 aromatic rings. The molecule has 0 saturated heterocycles. The average Bonchev–Trinajstić information content (AvgIpc) is 2.32. The summed E-state index contributed by atoms with van der Waals surface area (Å²) >= 11 is 0. The van der Waals surface area contributed by atoms with E-state index in [-0.39, 0.29) is 0 Å². The highest BCUT2D eigenvalue weighted by Gasteiger charge is 2.17. The topological polar surface area (TPSA) is 20.2 Å². The van der Waals surface area contributed by atoms with Gasteiger partial charge in [-0.05, 0) is 61.1 Å². The molecule has 1 heteroatoms. The SMILES string of the molecule is Cc1cccc(C(O)c2c(C)cccc2C)c1C. The average molecular weight is 240 g/mol. The number of rotatable bonds is 2. The zero-order valence-electron chi connectivity index (χ0n) is 11.5. The van der Waals surface area contributed by atoms with Gasteiger partial charge in [0.2, 0.25) is 0 Å². The van der Waals surface area contributed by atoms with Crippen LogP contribution in [0.2, 0.25) is 0 Å². The zero-order valence-corrected chi connectivity index (χ0v) is 11.5. The normalized spacial score (nSPS) is 12.5. The Morgan fingerprint density at radius 1 is 0.778 bits per heavy atom. The van der Waals surface area contributed by atoms with Crippen LogP contribution in [0.4, 0.5) is 0 Å². The lowest BCUT2D eigenvalue weighted by molar-refractivity contribution is 0.218. The second-order valence-electron chi connectivity index (χ2n) is 5.00. The maximum absolute atomic E-state index is 10.7. The number of aliphatic hydroxyl groups excluding tert-OH is 1. The van der Waals surface area contributed by atoms with Gasteiger partial charge in [-0.1, -0.05) is 36.4 Å². The molecule has 0 aliphatic rings. The molecule has 2 aromatic carbocycles. The summed E-state index contributed by atoms with van der Waals surface area (Å²) in [5.74, 6) is 0. The van der Waals surface area contributed by atoms with E-state index in [1.165, 1.54) is 11.1 Å². The van der Waals surface area contributed by atoms with Gasteiger partial charge in [-0.3, -0.25) is 0 Å². The lowest BCUT2D eigenvalue weighted by atomic mass is 9.90. The van der Waals surface area contributed by atoms with Crippen molar-refractivity contribution in [2.24, 2.45) is 0 Å². The molecule has 94 valence electrons. The first-order valence-corrected chi connectivity index (χ1v) is 6.32. The van der Waals surface area contributed by atoms with Crippen LogP contribution >= 0.6 is 0 Å². The van der Waals surface area contributed by atoms with Gasteiger partial charge < -0.3 is 5.11 Å². The van der Waals surface area contributed by atoms with Crippen LogP contribution in [0.5, 0.6) is 0 Å². The molecule has 0 aliphatic carbocycles. The van der Waals surface area contributed by atoms with E-state index in [1.54, 1.807) is 0 Å². The smallest absolute Gasteiger partial charge is 0.105 e. The molecule has 0 heterocycles. The van der Waals surface area contributed by atoms with Crippen LogP contribution in [0.15, 0.2) is 36.4 Å². The van der Waals surface area contributed by atoms with Crippen molar-refractivity contribution < 1.29 is 5.11 Å². The van der Waals surface area contributed by atoms with E-state index in [1.807, 2.05) is 18.2 Å². The van der Waals surface area contributed by atoms with Gasteiger partial charge in [-0.2, -0.15) is 0 Å². The molecule has 1 unspecified atom stereocenters. The van der Waals surface area contributed by atoms with Crippen molar-refractivity contribution in [1.29, 1.82) is 0 Å². The molecule has 0 radical (unpaired) electrons. The fraction of sp³-hybridized carbons (Fsp3) is 0.294. The Morgan fingerprint density at radius 3 is 1.89 bits per heavy atom. The molecule has 0 saturated carbocycles. The molecule has 0 spiro atoms. The Bertz CT molecular complexity index is 550. The molecule has 1 N–H and O–H groups in total. The van der Waals surface area contributed by atoms with Crippen molar-refractivity contribution in [2.45, 2.75) is 33.8 Å². The van der Waals surface area contributed by atoms with E-state index in [2.05, 4.69) is 45.9 Å². The van der Waals surface area contributed by atoms with Gasteiger partial charge in [0.1, 0.15) is 6.10 Å². The molecule has 0 aromatic heterocycles. The molecule has 0 amide bonds. The Labute approximate surface area is 109 Å². The summed E-state index contributed by atoms with van der Waals surface area (Å²) in [4.78, 5) is 0. The Hall–Kier alpha value is -1.60. The third-order valence-electron chi connectivity index (χ3n) is 3.76. The third kappa shape index (κ3) is 2.19. The largest absolute Gasteiger partial charge is 0.384 e. The molecule has 18 heavy (non-hydrogen) atoms. The minimum atomic E-state index is -0.536. The molecule has 1 atom stereocenters. The maximum atomic E-state index is 10.7. The van der Waals surface area contributed by atoms with E-state index >= 15 is 0 Å². The lowest BCUT2D eigenvalue weighted by Crippen LogP contribution is -2.06. The van der Waals surface area contributed by atoms with Crippen LogP contribution < -0.4 is 0 Å². The van der Waals surface area contributed by atoms with Gasteiger partial charge in [-0.15, -0.1) is 0 Å². The zero-order chi connectivity index (χ0) is 13.3. The first-order valence-electron chi connectivity index (χ1n) is 6.32. The maximum Gasteiger partial charge on any atom is 0.105 e. The quantitative estimate of drug-likeness (QED) is 0.841. The van der Waals surface area contributed by atoms with Crippen LogP contribution in [0, 0.1) is 27.7 Å². The predicted molar refractivity (Wildman–Crippen MR) is 75.9 cm³/mol. The van der Waals surface area contributed by atoms with Gasteiger partial charge in [0.25, 0.3) is 0 Å². The fourth-order valence-corrected chi connectivity index (χ4v) is 2.48. The molecule has 0 bridgehead atoms. The van der Waals surface area contributed by atoms with Gasteiger partial charge in [0.15, 0.2) is 0 Å². The van der Waals surface area contributed by atoms with Crippen LogP contribution in [-0.2, 0) is 0 Å². The van der Waals surface area contributed by atoms with Crippen molar-refractivity contribution in [3.63, 3.8) is 0 Å². The number of hydrogen-bond donors (Lipinski definition) is 1. The van der Waals surface area contributed by atoms with Crippen molar-refractivity contribution >= 4 is 0 Å². The van der Waals surface area contributed by atoms with Gasteiger partial charge in [0.05, 0.1) is 0 Å². The van der Waals surface area contributed by atoms with E-state index in [4.69, 9.17) is 0 Å². The van der Waals surface area contributed by atoms with Gasteiger partial charge in [0, 0.05) is 0 Å². The van der Waals surface area contributed by atoms with E-state index in [9.17, 15) is 5.11 Å². The number of aryl methyl sites for hydroxylation is 3. The monoisotopic (exact) mass is 240 g/mol. The summed E-state index contributed by atoms with van der Waals surface area (Å²) < 4.78 is 0. The fourth-order valence-electron chi connectivity index (χ4n) is 2.48. The van der Waals surface area contributed by atoms with Crippen molar-refractivity contribution in [2.75, 3.05) is 0 Å². The third-order valence-corrected chi connectivity index (χ3v) is 3.76. The Kier molecular flexibility index (Phi) is 3.53. The number of aliphatic hydroxyl groups is 1. The molecular formula is C17H20O. The highest BCUT2D eigenvalue weighted by Crippen LogP contribution is 2.30. The lowest BCUT2D eigenvalue weighted by Gasteiger charge is -2.19. The van der Waals surface area contributed by atoms with Crippen molar-refractivity contribution in [3.8, 4) is 0 Å². The highest BCUT2D eigenvalue weighted by molar-refractivity contribution is 5.44. The van der Waals surface area contributed by atoms with Crippen LogP contribution in [-0.4, -0.2) is 5.11 Å². The van der Waals surface area contributed by atoms with Crippen LogP contribution in [0.3, 0.4) is 0 Å². The van der Waals surface area contributed by atoms with Gasteiger partial charge in [-0.25, -0.2) is 0 Å². The first kappa shape index (κ1) is 12.8. The second kappa shape index (κ2) is 4.95. The summed E-state index contributed by atoms with van der Waals surface area (Å²) in [6.45, 7) is 8.26. The molecule has 0 fully saturated rings. The van der Waals surface area contributed by atoms with Crippen LogP contribution in [0.25, 0.3) is 0 Å². The number of hydrogen-bond acceptors (Lipinski definition) is 1. The summed E-state index contributed by atoms with van der Waals surface area (Å²) in [6.07, 6.45) is -0.536. The predicted octanol–water partition coefficient (Wildman–Crippen LogP) is 4.00. The minimum Gasteiger partial charge on any atom is -0.384 e. The van der Waals surface area contributed by atoms with Crippen molar-refractivity contribution in [3.05, 3.63) is 69.8 Å². The first-order chi connectivity index (χ1) is 8.52. The number of benzene rings is 2. The Morgan fingerprint density at radius 2 is 1.28 bits per heavy atom. The highest BCUT2D eigenvalue weighted by atomic mass is 16.3. The molecule has 2 rings (SSSR count). The standard InChI is InChI=1S/C17H20O/c1-11-7-6-10-15(14(11)4)17(18)16-12(2)8-5-9-13(16)3/h5-10,17-18H,1-4H3. The van der Waals surface area contributed by atoms with Gasteiger partial charge >= 0.3 is 0 Å². The minimum absolute atomic E-state index is 0.536. The molecule has 1 nitrogen and oxygen atoms in total. The van der Waals surface area contributed by atoms with E-state index in [0.29, 0.717) is 0 Å². The van der Waals surface area contributed by atoms with E-state index in [0.717, 1.165) is 22.3 Å². The Balaban J connectivity index is 2.55. The summed E-state index contributed by atoms with van der Waals surface area (Å²) in [5, 5.41) is 10.7. The molecule has 0 aliphatic heterocycles. The summed E-state index contributed by atoms with van der Waals surface area (Å²) in [6, 6.07) is 12.2.